The molecule has 0 fully saturated rings. The van der Waals surface area contributed by atoms with Crippen molar-refractivity contribution in [2.24, 2.45) is 5.73 Å². The van der Waals surface area contributed by atoms with Crippen LogP contribution in [0.3, 0.4) is 0 Å². The summed E-state index contributed by atoms with van der Waals surface area (Å²) < 4.78 is 8.45. The molecule has 0 rings (SSSR count). The zero-order valence-corrected chi connectivity index (χ0v) is 6.47. The van der Waals surface area contributed by atoms with Crippen LogP contribution in [0.25, 0.3) is 0 Å². The molecule has 0 radical (unpaired) electrons. The summed E-state index contributed by atoms with van der Waals surface area (Å²) in [4.78, 5) is 0. The van der Waals surface area contributed by atoms with Crippen molar-refractivity contribution in [2.45, 2.75) is 0 Å². The first-order valence-corrected chi connectivity index (χ1v) is 2.56. The summed E-state index contributed by atoms with van der Waals surface area (Å²) in [7, 11) is 0. The van der Waals surface area contributed by atoms with Gasteiger partial charge in [0.15, 0.2) is 0 Å². The molecule has 0 aliphatic carbocycles. The van der Waals surface area contributed by atoms with E-state index in [0.717, 1.165) is 0 Å². The van der Waals surface area contributed by atoms with E-state index in [4.69, 9.17) is 9.13 Å². The summed E-state index contributed by atoms with van der Waals surface area (Å²) in [6.45, 7) is 0. The second kappa shape index (κ2) is 9.21. The molecule has 0 unspecified atom stereocenters. The molecule has 0 aliphatic rings. The average molecular weight is 205 g/mol. The first kappa shape index (κ1) is 9.88. The van der Waals surface area contributed by atoms with Crippen LogP contribution >= 0.6 is 24.8 Å². The van der Waals surface area contributed by atoms with E-state index in [9.17, 15) is 0 Å². The minimum absolute atomic E-state index is 0.194. The summed E-state index contributed by atoms with van der Waals surface area (Å²) in [5, 5.41) is 0. The molecule has 0 aromatic carbocycles. The zero-order valence-electron chi connectivity index (χ0n) is 2.75. The van der Waals surface area contributed by atoms with Gasteiger partial charge in [-0.15, -0.1) is 12.6 Å². The van der Waals surface area contributed by atoms with Gasteiger partial charge in [-0.1, -0.05) is 12.2 Å². The Bertz CT molecular complexity index is 44.8. The van der Waals surface area contributed by atoms with Crippen LogP contribution in [0.2, 0.25) is 0 Å². The molecule has 6 heavy (non-hydrogen) atoms. The van der Waals surface area contributed by atoms with E-state index in [1.807, 2.05) is 0 Å². The second-order valence-electron chi connectivity index (χ2n) is 0.338. The molecule has 0 spiro atoms. The van der Waals surface area contributed by atoms with Crippen LogP contribution in [0.4, 0.5) is 0 Å². The van der Waals surface area contributed by atoms with Gasteiger partial charge in [0, 0.05) is 0 Å². The first-order valence-electron chi connectivity index (χ1n) is 0.883. The molecule has 0 aliphatic heterocycles. The summed E-state index contributed by atoms with van der Waals surface area (Å²) in [5.41, 5.74) is 4.71. The van der Waals surface area contributed by atoms with Gasteiger partial charge in [-0.25, -0.2) is 0 Å². The third-order valence-electron chi connectivity index (χ3n) is 0. The molecular weight excluding hydrogens is 202 g/mol. The van der Waals surface area contributed by atoms with Crippen LogP contribution in [-0.2, 0) is 23.2 Å². The summed E-state index contributed by atoms with van der Waals surface area (Å²) in [5.74, 6) is 0. The summed E-state index contributed by atoms with van der Waals surface area (Å²) >= 11 is 8.35. The Kier molecular flexibility index (Phi) is 15.2. The van der Waals surface area contributed by atoms with Crippen LogP contribution < -0.4 is 5.73 Å². The molecule has 0 amide bonds. The van der Waals surface area contributed by atoms with E-state index >= 15 is 0 Å². The van der Waals surface area contributed by atoms with Gasteiger partial charge < -0.3 is 5.73 Å². The second-order valence-corrected chi connectivity index (χ2v) is 1.56. The maximum atomic E-state index is 8.26. The number of thiocarbonyl (C=S) groups is 1. The van der Waals surface area contributed by atoms with Crippen molar-refractivity contribution in [2.75, 3.05) is 0 Å². The summed E-state index contributed by atoms with van der Waals surface area (Å²) in [6.07, 6.45) is 0. The van der Waals surface area contributed by atoms with Crippen molar-refractivity contribution < 1.29 is 23.2 Å². The number of hydrogen-bond donors (Lipinski definition) is 2. The van der Waals surface area contributed by atoms with E-state index in [2.05, 4.69) is 24.8 Å². The number of thiol groups is 1. The third kappa shape index (κ3) is 124. The molecule has 36 valence electrons. The van der Waals surface area contributed by atoms with E-state index in [1.54, 1.807) is 0 Å². The first-order chi connectivity index (χ1) is 2.73. The van der Waals surface area contributed by atoms with Crippen molar-refractivity contribution in [1.29, 1.82) is 0 Å². The zero-order chi connectivity index (χ0) is 5.58. The van der Waals surface area contributed by atoms with Crippen LogP contribution in [-0.4, -0.2) is 4.32 Å². The fourth-order valence-electron chi connectivity index (χ4n) is 0. The van der Waals surface area contributed by atoms with Gasteiger partial charge in [-0.05, 0) is 0 Å². The molecule has 0 aromatic rings. The van der Waals surface area contributed by atoms with E-state index in [0.29, 0.717) is 19.8 Å². The predicted molar refractivity (Wildman–Crippen MR) is 26.5 cm³/mol. The molecule has 2 nitrogen and oxygen atoms in total. The molecule has 0 atom stereocenters. The molecule has 0 bridgehead atoms. The van der Waals surface area contributed by atoms with Crippen molar-refractivity contribution >= 4 is 29.2 Å². The van der Waals surface area contributed by atoms with Gasteiger partial charge >= 0.3 is 23.2 Å². The SMILES string of the molecule is NC(=S)S.[O]=[Mo]. The van der Waals surface area contributed by atoms with Gasteiger partial charge in [-0.3, -0.25) is 0 Å². The topological polar surface area (TPSA) is 43.1 Å². The Morgan fingerprint density at radius 1 is 1.83 bits per heavy atom. The van der Waals surface area contributed by atoms with Gasteiger partial charge in [0.05, 0.1) is 0 Å². The van der Waals surface area contributed by atoms with Gasteiger partial charge in [-0.2, -0.15) is 0 Å². The maximum absolute atomic E-state index is 8.26. The molecule has 5 heteroatoms. The molecule has 0 saturated carbocycles. The Morgan fingerprint density at radius 3 is 1.83 bits per heavy atom. The quantitative estimate of drug-likeness (QED) is 0.333. The Morgan fingerprint density at radius 2 is 1.83 bits per heavy atom. The molecular formula is CH3MoNOS2. The Hall–Kier alpha value is 0.728. The third-order valence-corrected chi connectivity index (χ3v) is 0. The molecule has 0 heterocycles. The number of rotatable bonds is 0. The van der Waals surface area contributed by atoms with Crippen molar-refractivity contribution in [1.82, 2.24) is 0 Å². The monoisotopic (exact) mass is 207 g/mol. The van der Waals surface area contributed by atoms with Crippen LogP contribution in [0.1, 0.15) is 0 Å². The predicted octanol–water partition coefficient (Wildman–Crippen LogP) is 0.0385. The Balaban J connectivity index is 0. The Labute approximate surface area is 58.1 Å². The van der Waals surface area contributed by atoms with Gasteiger partial charge in [0.2, 0.25) is 0 Å². The van der Waals surface area contributed by atoms with E-state index in [1.165, 1.54) is 0 Å². The number of nitrogens with two attached hydrogens (primary N) is 1. The van der Waals surface area contributed by atoms with Crippen LogP contribution in [0.15, 0.2) is 0 Å². The summed E-state index contributed by atoms with van der Waals surface area (Å²) in [6, 6.07) is 0. The van der Waals surface area contributed by atoms with Crippen molar-refractivity contribution in [3.8, 4) is 0 Å². The molecule has 0 saturated heterocycles. The van der Waals surface area contributed by atoms with Gasteiger partial charge in [0.1, 0.15) is 4.32 Å². The molecule has 0 aromatic heterocycles. The standard InChI is InChI=1S/CH3NS2.Mo.O/c2-1(3)4;;/h(H3,2,3,4);;. The van der Waals surface area contributed by atoms with Crippen LogP contribution in [0, 0.1) is 0 Å². The average Bonchev–Trinajstić information content (AvgIpc) is 1.41. The molecule has 2 N–H and O–H groups in total. The van der Waals surface area contributed by atoms with Crippen molar-refractivity contribution in [3.63, 3.8) is 0 Å². The van der Waals surface area contributed by atoms with E-state index in [-0.39, 0.29) is 4.32 Å². The number of hydrogen-bond acceptors (Lipinski definition) is 2. The normalized spacial score (nSPS) is 4.83. The fraction of sp³-hybridized carbons (Fsp3) is 0. The fourth-order valence-corrected chi connectivity index (χ4v) is 0. The minimum atomic E-state index is 0.194. The van der Waals surface area contributed by atoms with Gasteiger partial charge in [0.25, 0.3) is 0 Å². The van der Waals surface area contributed by atoms with Crippen LogP contribution in [0.5, 0.6) is 0 Å². The van der Waals surface area contributed by atoms with Crippen molar-refractivity contribution in [3.05, 3.63) is 0 Å². The van der Waals surface area contributed by atoms with E-state index < -0.39 is 0 Å².